The fourth-order valence-corrected chi connectivity index (χ4v) is 4.68. The monoisotopic (exact) mass is 456 g/mol. The predicted octanol–water partition coefficient (Wildman–Crippen LogP) is 4.88. The van der Waals surface area contributed by atoms with Gasteiger partial charge in [-0.1, -0.05) is 12.1 Å². The van der Waals surface area contributed by atoms with E-state index in [4.69, 9.17) is 4.98 Å². The Bertz CT molecular complexity index is 1120. The van der Waals surface area contributed by atoms with E-state index < -0.39 is 0 Å². The molecule has 0 bridgehead atoms. The topological polar surface area (TPSA) is 82.2 Å². The number of nitrogens with zero attached hydrogens (tertiary/aromatic N) is 3. The highest BCUT2D eigenvalue weighted by molar-refractivity contribution is 5.95. The van der Waals surface area contributed by atoms with E-state index in [-0.39, 0.29) is 11.9 Å². The summed E-state index contributed by atoms with van der Waals surface area (Å²) in [6.07, 6.45) is 7.65. The van der Waals surface area contributed by atoms with Gasteiger partial charge in [-0.25, -0.2) is 9.97 Å². The lowest BCUT2D eigenvalue weighted by Crippen LogP contribution is -2.35. The van der Waals surface area contributed by atoms with E-state index in [1.807, 2.05) is 37.4 Å². The summed E-state index contributed by atoms with van der Waals surface area (Å²) >= 11 is 0. The van der Waals surface area contributed by atoms with Crippen molar-refractivity contribution in [3.05, 3.63) is 60.3 Å². The molecular weight excluding hydrogens is 424 g/mol. The summed E-state index contributed by atoms with van der Waals surface area (Å²) in [6, 6.07) is 16.2. The van der Waals surface area contributed by atoms with Gasteiger partial charge in [0.15, 0.2) is 0 Å². The van der Waals surface area contributed by atoms with Crippen molar-refractivity contribution in [3.63, 3.8) is 0 Å². The highest BCUT2D eigenvalue weighted by Crippen LogP contribution is 2.26. The first kappa shape index (κ1) is 22.3. The number of anilines is 4. The summed E-state index contributed by atoms with van der Waals surface area (Å²) in [5.74, 6) is 0.595. The van der Waals surface area contributed by atoms with Gasteiger partial charge in [-0.3, -0.25) is 4.79 Å². The summed E-state index contributed by atoms with van der Waals surface area (Å²) in [4.78, 5) is 24.0. The molecule has 2 fully saturated rings. The minimum absolute atomic E-state index is 0.0289. The van der Waals surface area contributed by atoms with Crippen LogP contribution in [0.1, 0.15) is 37.7 Å². The fourth-order valence-electron chi connectivity index (χ4n) is 4.68. The van der Waals surface area contributed by atoms with E-state index in [1.54, 1.807) is 0 Å². The quantitative estimate of drug-likeness (QED) is 0.491. The smallest absolute Gasteiger partial charge is 0.241 e. The van der Waals surface area contributed by atoms with Crippen molar-refractivity contribution in [3.8, 4) is 11.3 Å². The van der Waals surface area contributed by atoms with Gasteiger partial charge in [0.2, 0.25) is 11.9 Å². The highest BCUT2D eigenvalue weighted by atomic mass is 16.2. The summed E-state index contributed by atoms with van der Waals surface area (Å²) < 4.78 is 0. The summed E-state index contributed by atoms with van der Waals surface area (Å²) in [5.41, 5.74) is 5.89. The molecule has 0 radical (unpaired) electrons. The summed E-state index contributed by atoms with van der Waals surface area (Å²) in [5, 5.41) is 9.56. The number of piperidine rings is 1. The molecule has 0 spiro atoms. The standard InChI is InChI=1S/C27H32N6O/c1-19-18-29-27(31-22-11-13-23(14-12-22)33-16-3-2-4-17-33)32-25(19)20-7-9-21(10-8-20)30-26(34)24-6-5-15-28-24/h7-14,18,24,28H,2-6,15-17H2,1H3,(H,30,34)(H,29,31,32). The number of benzene rings is 2. The van der Waals surface area contributed by atoms with Gasteiger partial charge in [0.05, 0.1) is 11.7 Å². The van der Waals surface area contributed by atoms with E-state index in [2.05, 4.69) is 50.1 Å². The van der Waals surface area contributed by atoms with Gasteiger partial charge in [0.25, 0.3) is 0 Å². The van der Waals surface area contributed by atoms with Crippen LogP contribution < -0.4 is 20.9 Å². The Labute approximate surface area is 201 Å². The molecule has 7 nitrogen and oxygen atoms in total. The van der Waals surface area contributed by atoms with Crippen LogP contribution in [0.15, 0.2) is 54.7 Å². The molecule has 3 aromatic rings. The van der Waals surface area contributed by atoms with Crippen molar-refractivity contribution in [2.45, 2.75) is 45.1 Å². The van der Waals surface area contributed by atoms with E-state index in [0.29, 0.717) is 5.95 Å². The average Bonchev–Trinajstić information content (AvgIpc) is 3.42. The molecule has 34 heavy (non-hydrogen) atoms. The van der Waals surface area contributed by atoms with Crippen LogP contribution in [0.2, 0.25) is 0 Å². The van der Waals surface area contributed by atoms with E-state index in [0.717, 1.165) is 60.7 Å². The van der Waals surface area contributed by atoms with Crippen molar-refractivity contribution >= 4 is 28.9 Å². The second kappa shape index (κ2) is 10.2. The lowest BCUT2D eigenvalue weighted by Gasteiger charge is -2.28. The first-order chi connectivity index (χ1) is 16.7. The van der Waals surface area contributed by atoms with Crippen molar-refractivity contribution in [2.75, 3.05) is 35.2 Å². The van der Waals surface area contributed by atoms with Crippen molar-refractivity contribution < 1.29 is 4.79 Å². The zero-order valence-corrected chi connectivity index (χ0v) is 19.7. The van der Waals surface area contributed by atoms with Crippen molar-refractivity contribution in [2.24, 2.45) is 0 Å². The Morgan fingerprint density at radius 2 is 1.71 bits per heavy atom. The molecule has 0 aliphatic carbocycles. The van der Waals surface area contributed by atoms with Crippen LogP contribution in [0.4, 0.5) is 23.0 Å². The number of rotatable bonds is 6. The van der Waals surface area contributed by atoms with Crippen LogP contribution in [0, 0.1) is 6.92 Å². The predicted molar refractivity (Wildman–Crippen MR) is 138 cm³/mol. The Morgan fingerprint density at radius 3 is 2.41 bits per heavy atom. The van der Waals surface area contributed by atoms with Crippen LogP contribution in [0.25, 0.3) is 11.3 Å². The maximum Gasteiger partial charge on any atom is 0.241 e. The SMILES string of the molecule is Cc1cnc(Nc2ccc(N3CCCCC3)cc2)nc1-c1ccc(NC(=O)C2CCCN2)cc1. The minimum atomic E-state index is -0.0914. The number of carbonyl (C=O) groups excluding carboxylic acids is 1. The zero-order valence-electron chi connectivity index (χ0n) is 19.7. The molecule has 2 aromatic carbocycles. The first-order valence-corrected chi connectivity index (χ1v) is 12.3. The van der Waals surface area contributed by atoms with E-state index in [1.165, 1.54) is 24.9 Å². The van der Waals surface area contributed by atoms with Gasteiger partial charge in [-0.05, 0) is 87.5 Å². The van der Waals surface area contributed by atoms with Gasteiger partial charge < -0.3 is 20.9 Å². The number of carbonyl (C=O) groups is 1. The Kier molecular flexibility index (Phi) is 6.72. The molecule has 0 saturated carbocycles. The van der Waals surface area contributed by atoms with Crippen LogP contribution in [0.5, 0.6) is 0 Å². The van der Waals surface area contributed by atoms with Gasteiger partial charge in [0, 0.05) is 41.9 Å². The van der Waals surface area contributed by atoms with Crippen LogP contribution in [-0.2, 0) is 4.79 Å². The van der Waals surface area contributed by atoms with Crippen molar-refractivity contribution in [1.82, 2.24) is 15.3 Å². The minimum Gasteiger partial charge on any atom is -0.372 e. The average molecular weight is 457 g/mol. The van der Waals surface area contributed by atoms with Crippen LogP contribution >= 0.6 is 0 Å². The molecule has 1 aromatic heterocycles. The van der Waals surface area contributed by atoms with E-state index in [9.17, 15) is 4.79 Å². The second-order valence-electron chi connectivity index (χ2n) is 9.16. The maximum atomic E-state index is 12.3. The van der Waals surface area contributed by atoms with Gasteiger partial charge in [-0.2, -0.15) is 0 Å². The van der Waals surface area contributed by atoms with Gasteiger partial charge >= 0.3 is 0 Å². The summed E-state index contributed by atoms with van der Waals surface area (Å²) in [6.45, 7) is 5.19. The van der Waals surface area contributed by atoms with E-state index >= 15 is 0 Å². The first-order valence-electron chi connectivity index (χ1n) is 12.3. The highest BCUT2D eigenvalue weighted by Gasteiger charge is 2.21. The van der Waals surface area contributed by atoms with Crippen molar-refractivity contribution in [1.29, 1.82) is 0 Å². The Morgan fingerprint density at radius 1 is 0.971 bits per heavy atom. The number of aromatic nitrogens is 2. The molecule has 7 heteroatoms. The third-order valence-electron chi connectivity index (χ3n) is 6.62. The molecule has 2 aliphatic heterocycles. The molecule has 5 rings (SSSR count). The lowest BCUT2D eigenvalue weighted by molar-refractivity contribution is -0.117. The Balaban J connectivity index is 1.26. The zero-order chi connectivity index (χ0) is 23.3. The maximum absolute atomic E-state index is 12.3. The molecule has 1 amide bonds. The molecule has 1 unspecified atom stereocenters. The number of nitrogens with one attached hydrogen (secondary N) is 3. The van der Waals surface area contributed by atoms with Crippen LogP contribution in [0.3, 0.4) is 0 Å². The number of amides is 1. The lowest BCUT2D eigenvalue weighted by atomic mass is 10.1. The van der Waals surface area contributed by atoms with Gasteiger partial charge in [-0.15, -0.1) is 0 Å². The molecule has 2 saturated heterocycles. The molecule has 2 aliphatic rings. The number of aryl methyl sites for hydroxylation is 1. The molecule has 3 heterocycles. The third-order valence-corrected chi connectivity index (χ3v) is 6.62. The summed E-state index contributed by atoms with van der Waals surface area (Å²) in [7, 11) is 0. The molecule has 1 atom stereocenters. The molecule has 3 N–H and O–H groups in total. The Hall–Kier alpha value is -3.45. The molecular formula is C27H32N6O. The fraction of sp³-hybridized carbons (Fsp3) is 0.370. The second-order valence-corrected chi connectivity index (χ2v) is 9.16. The molecule has 176 valence electrons. The normalized spacial score (nSPS) is 18.0. The largest absolute Gasteiger partial charge is 0.372 e. The van der Waals surface area contributed by atoms with Gasteiger partial charge in [0.1, 0.15) is 0 Å². The number of hydrogen-bond acceptors (Lipinski definition) is 6. The number of hydrogen-bond donors (Lipinski definition) is 3. The third kappa shape index (κ3) is 5.20. The van der Waals surface area contributed by atoms with Crippen LogP contribution in [-0.4, -0.2) is 41.6 Å².